The summed E-state index contributed by atoms with van der Waals surface area (Å²) in [5, 5.41) is 3.09. The molecule has 1 rings (SSSR count). The highest BCUT2D eigenvalue weighted by Gasteiger charge is 2.30. The monoisotopic (exact) mass is 265 g/mol. The maximum Gasteiger partial charge on any atom is 0.416 e. The van der Waals surface area contributed by atoms with Crippen LogP contribution in [0.4, 0.5) is 18.9 Å². The van der Waals surface area contributed by atoms with E-state index in [0.717, 1.165) is 12.1 Å². The van der Waals surface area contributed by atoms with Gasteiger partial charge in [0.15, 0.2) is 0 Å². The summed E-state index contributed by atoms with van der Waals surface area (Å²) < 4.78 is 36.9. The Kier molecular flexibility index (Phi) is 3.03. The zero-order chi connectivity index (χ0) is 10.8. The van der Waals surface area contributed by atoms with E-state index in [4.69, 9.17) is 5.53 Å². The molecule has 0 unspecified atom stereocenters. The number of rotatable bonds is 1. The van der Waals surface area contributed by atoms with Gasteiger partial charge in [-0.2, -0.15) is 13.2 Å². The normalized spacial score (nSPS) is 10.9. The molecule has 3 nitrogen and oxygen atoms in total. The fourth-order valence-corrected chi connectivity index (χ4v) is 1.33. The van der Waals surface area contributed by atoms with E-state index in [1.165, 1.54) is 6.07 Å². The number of nitrogens with zero attached hydrogens (tertiary/aromatic N) is 3. The molecule has 0 heterocycles. The lowest BCUT2D eigenvalue weighted by Gasteiger charge is -2.07. The molecule has 0 amide bonds. The standard InChI is InChI=1S/C7H3BrF3N3/c8-5-1-4(7(9,10)11)2-6(3-5)13-14-12/h1-3H. The van der Waals surface area contributed by atoms with Crippen molar-refractivity contribution in [1.29, 1.82) is 0 Å². The van der Waals surface area contributed by atoms with Crippen LogP contribution in [0.2, 0.25) is 0 Å². The molecule has 0 bridgehead atoms. The van der Waals surface area contributed by atoms with Crippen LogP contribution in [0.15, 0.2) is 27.8 Å². The quantitative estimate of drug-likeness (QED) is 0.410. The second-order valence-corrected chi connectivity index (χ2v) is 3.30. The summed E-state index contributed by atoms with van der Waals surface area (Å²) in [5.41, 5.74) is 7.14. The van der Waals surface area contributed by atoms with E-state index in [1.807, 2.05) is 0 Å². The third-order valence-corrected chi connectivity index (χ3v) is 1.83. The fraction of sp³-hybridized carbons (Fsp3) is 0.143. The topological polar surface area (TPSA) is 48.8 Å². The van der Waals surface area contributed by atoms with Gasteiger partial charge in [0.1, 0.15) is 0 Å². The summed E-state index contributed by atoms with van der Waals surface area (Å²) in [6.07, 6.45) is -4.44. The third kappa shape index (κ3) is 2.65. The zero-order valence-electron chi connectivity index (χ0n) is 6.59. The smallest absolute Gasteiger partial charge is 0.166 e. The molecule has 0 N–H and O–H groups in total. The minimum absolute atomic E-state index is 0.0748. The van der Waals surface area contributed by atoms with Gasteiger partial charge in [-0.1, -0.05) is 21.0 Å². The highest BCUT2D eigenvalue weighted by Crippen LogP contribution is 2.34. The van der Waals surface area contributed by atoms with Gasteiger partial charge in [0.25, 0.3) is 0 Å². The molecule has 0 aliphatic carbocycles. The highest BCUT2D eigenvalue weighted by atomic mass is 79.9. The van der Waals surface area contributed by atoms with Gasteiger partial charge in [0, 0.05) is 15.1 Å². The molecule has 0 aromatic heterocycles. The summed E-state index contributed by atoms with van der Waals surface area (Å²) in [4.78, 5) is 2.41. The molecule has 1 aromatic rings. The molecule has 0 aliphatic rings. The van der Waals surface area contributed by atoms with Crippen LogP contribution in [0.1, 0.15) is 5.56 Å². The Labute approximate surface area is 85.3 Å². The van der Waals surface area contributed by atoms with Crippen molar-refractivity contribution in [1.82, 2.24) is 0 Å². The second kappa shape index (κ2) is 3.89. The van der Waals surface area contributed by atoms with E-state index in [0.29, 0.717) is 0 Å². The maximum absolute atomic E-state index is 12.2. The van der Waals surface area contributed by atoms with Gasteiger partial charge < -0.3 is 0 Å². The zero-order valence-corrected chi connectivity index (χ0v) is 8.17. The predicted octanol–water partition coefficient (Wildman–Crippen LogP) is 4.41. The number of azide groups is 1. The minimum Gasteiger partial charge on any atom is -0.166 e. The summed E-state index contributed by atoms with van der Waals surface area (Å²) >= 11 is 2.89. The number of alkyl halides is 3. The lowest BCUT2D eigenvalue weighted by molar-refractivity contribution is -0.137. The maximum atomic E-state index is 12.2. The van der Waals surface area contributed by atoms with Gasteiger partial charge in [-0.25, -0.2) is 0 Å². The largest absolute Gasteiger partial charge is 0.416 e. The van der Waals surface area contributed by atoms with E-state index in [2.05, 4.69) is 26.0 Å². The lowest BCUT2D eigenvalue weighted by Crippen LogP contribution is -2.04. The van der Waals surface area contributed by atoms with Crippen LogP contribution in [-0.4, -0.2) is 0 Å². The van der Waals surface area contributed by atoms with E-state index < -0.39 is 11.7 Å². The van der Waals surface area contributed by atoms with E-state index >= 15 is 0 Å². The number of halogens is 4. The van der Waals surface area contributed by atoms with Crippen molar-refractivity contribution in [3.63, 3.8) is 0 Å². The Morgan fingerprint density at radius 2 is 1.93 bits per heavy atom. The van der Waals surface area contributed by atoms with Crippen LogP contribution in [0.3, 0.4) is 0 Å². The first-order valence-corrected chi connectivity index (χ1v) is 4.15. The van der Waals surface area contributed by atoms with Crippen LogP contribution in [0, 0.1) is 0 Å². The average molecular weight is 266 g/mol. The first-order chi connectivity index (χ1) is 6.43. The fourth-order valence-electron chi connectivity index (χ4n) is 0.847. The molecule has 0 fully saturated rings. The molecule has 0 spiro atoms. The summed E-state index contributed by atoms with van der Waals surface area (Å²) in [6.45, 7) is 0. The van der Waals surface area contributed by atoms with Crippen molar-refractivity contribution in [2.24, 2.45) is 5.11 Å². The molecule has 0 atom stereocenters. The Bertz CT molecular complexity index is 396. The molecule has 74 valence electrons. The van der Waals surface area contributed by atoms with Gasteiger partial charge in [-0.15, -0.1) is 0 Å². The van der Waals surface area contributed by atoms with E-state index in [-0.39, 0.29) is 10.2 Å². The van der Waals surface area contributed by atoms with Crippen LogP contribution in [0.25, 0.3) is 10.4 Å². The lowest BCUT2D eigenvalue weighted by atomic mass is 10.2. The molecule has 14 heavy (non-hydrogen) atoms. The van der Waals surface area contributed by atoms with E-state index in [1.54, 1.807) is 0 Å². The molecular weight excluding hydrogens is 263 g/mol. The molecule has 0 saturated carbocycles. The SMILES string of the molecule is [N-]=[N+]=Nc1cc(Br)cc(C(F)(F)F)c1. The number of benzene rings is 1. The first kappa shape index (κ1) is 10.9. The second-order valence-electron chi connectivity index (χ2n) is 2.39. The van der Waals surface area contributed by atoms with Gasteiger partial charge >= 0.3 is 6.18 Å². The van der Waals surface area contributed by atoms with Crippen LogP contribution in [0.5, 0.6) is 0 Å². The molecule has 7 heteroatoms. The van der Waals surface area contributed by atoms with Crippen molar-refractivity contribution in [2.45, 2.75) is 6.18 Å². The molecule has 1 aromatic carbocycles. The molecule has 0 radical (unpaired) electrons. The average Bonchev–Trinajstić information content (AvgIpc) is 2.02. The summed E-state index contributed by atoms with van der Waals surface area (Å²) in [7, 11) is 0. The third-order valence-electron chi connectivity index (χ3n) is 1.37. The van der Waals surface area contributed by atoms with Gasteiger partial charge in [-0.3, -0.25) is 0 Å². The Morgan fingerprint density at radius 3 is 2.43 bits per heavy atom. The van der Waals surface area contributed by atoms with Crippen molar-refractivity contribution in [2.75, 3.05) is 0 Å². The molecular formula is C7H3BrF3N3. The summed E-state index contributed by atoms with van der Waals surface area (Å²) in [6, 6.07) is 3.00. The van der Waals surface area contributed by atoms with Crippen LogP contribution < -0.4 is 0 Å². The Morgan fingerprint density at radius 1 is 1.29 bits per heavy atom. The number of hydrogen-bond acceptors (Lipinski definition) is 1. The summed E-state index contributed by atoms with van der Waals surface area (Å²) in [5.74, 6) is 0. The van der Waals surface area contributed by atoms with Crippen molar-refractivity contribution < 1.29 is 13.2 Å². The van der Waals surface area contributed by atoms with E-state index in [9.17, 15) is 13.2 Å². The number of hydrogen-bond donors (Lipinski definition) is 0. The van der Waals surface area contributed by atoms with Gasteiger partial charge in [0.2, 0.25) is 0 Å². The Balaban J connectivity index is 3.27. The van der Waals surface area contributed by atoms with Crippen LogP contribution >= 0.6 is 15.9 Å². The van der Waals surface area contributed by atoms with Crippen molar-refractivity contribution in [3.05, 3.63) is 38.7 Å². The predicted molar refractivity (Wildman–Crippen MR) is 48.0 cm³/mol. The van der Waals surface area contributed by atoms with Gasteiger partial charge in [-0.05, 0) is 23.7 Å². The molecule has 0 aliphatic heterocycles. The first-order valence-electron chi connectivity index (χ1n) is 3.36. The highest BCUT2D eigenvalue weighted by molar-refractivity contribution is 9.10. The van der Waals surface area contributed by atoms with Gasteiger partial charge in [0.05, 0.1) is 5.56 Å². The van der Waals surface area contributed by atoms with Crippen molar-refractivity contribution >= 4 is 21.6 Å². The Hall–Kier alpha value is -1.20. The minimum atomic E-state index is -4.44. The van der Waals surface area contributed by atoms with Crippen molar-refractivity contribution in [3.8, 4) is 0 Å². The van der Waals surface area contributed by atoms with Crippen LogP contribution in [-0.2, 0) is 6.18 Å². The molecule has 0 saturated heterocycles.